The highest BCUT2D eigenvalue weighted by Gasteiger charge is 2.63. The van der Waals surface area contributed by atoms with Crippen molar-refractivity contribution in [1.82, 2.24) is 0 Å². The first-order chi connectivity index (χ1) is 16.4. The van der Waals surface area contributed by atoms with Gasteiger partial charge in [0.1, 0.15) is 0 Å². The SMILES string of the molecule is CCO[C@@H]1O[C@@H]([C@H](C)[C@H]2CC[C@]3(C)C4=C(CC[C@@]23C)[C@]2(C)CC[C@H](O)C(C)(C)[C@H]2CC4)CC[C@@H]1C. The molecule has 1 saturated heterocycles. The quantitative estimate of drug-likeness (QED) is 0.410. The topological polar surface area (TPSA) is 38.7 Å². The molecule has 0 amide bonds. The first-order valence-corrected chi connectivity index (χ1v) is 15.1. The second-order valence-corrected chi connectivity index (χ2v) is 14.6. The minimum Gasteiger partial charge on any atom is -0.393 e. The summed E-state index contributed by atoms with van der Waals surface area (Å²) in [6.07, 6.45) is 12.5. The Kier molecular flexibility index (Phi) is 6.63. The standard InChI is InChI=1S/C32H54O3/c1-9-34-28-20(2)10-12-25(35-28)21(3)22-14-18-32(8)24-11-13-26-29(4,5)27(33)16-17-30(26,6)23(24)15-19-31(22,32)7/h20-22,25-28,33H,9-19H2,1-8H3/t20-,21+,22+,25+,26+,27-,28+,30-,31-,32+/m0/s1. The van der Waals surface area contributed by atoms with Gasteiger partial charge in [0.2, 0.25) is 0 Å². The van der Waals surface area contributed by atoms with Gasteiger partial charge in [-0.1, -0.05) is 59.6 Å². The van der Waals surface area contributed by atoms with Gasteiger partial charge in [-0.15, -0.1) is 0 Å². The van der Waals surface area contributed by atoms with Crippen molar-refractivity contribution in [3.05, 3.63) is 11.1 Å². The number of hydrogen-bond donors (Lipinski definition) is 1. The molecule has 1 aliphatic heterocycles. The number of ether oxygens (including phenoxy) is 2. The van der Waals surface area contributed by atoms with E-state index in [0.29, 0.717) is 34.7 Å². The third-order valence-electron chi connectivity index (χ3n) is 13.0. The van der Waals surface area contributed by atoms with E-state index in [4.69, 9.17) is 9.47 Å². The summed E-state index contributed by atoms with van der Waals surface area (Å²) in [4.78, 5) is 0. The van der Waals surface area contributed by atoms with Gasteiger partial charge in [-0.05, 0) is 111 Å². The normalized spacial score (nSPS) is 50.3. The number of fused-ring (bicyclic) bond motifs is 4. The molecule has 0 bridgehead atoms. The average molecular weight is 487 g/mol. The Bertz CT molecular complexity index is 846. The van der Waals surface area contributed by atoms with Crippen LogP contribution in [0.3, 0.4) is 0 Å². The molecule has 0 aromatic heterocycles. The van der Waals surface area contributed by atoms with Gasteiger partial charge in [0.15, 0.2) is 6.29 Å². The van der Waals surface area contributed by atoms with Gasteiger partial charge >= 0.3 is 0 Å². The molecule has 0 aromatic rings. The van der Waals surface area contributed by atoms with Crippen LogP contribution in [-0.2, 0) is 9.47 Å². The summed E-state index contributed by atoms with van der Waals surface area (Å²) < 4.78 is 12.6. The molecule has 0 unspecified atom stereocenters. The van der Waals surface area contributed by atoms with E-state index in [-0.39, 0.29) is 23.2 Å². The molecule has 200 valence electrons. The Morgan fingerprint density at radius 1 is 0.943 bits per heavy atom. The van der Waals surface area contributed by atoms with Crippen LogP contribution in [-0.4, -0.2) is 30.2 Å². The smallest absolute Gasteiger partial charge is 0.160 e. The first-order valence-electron chi connectivity index (χ1n) is 15.1. The Morgan fingerprint density at radius 2 is 1.69 bits per heavy atom. The molecule has 0 radical (unpaired) electrons. The summed E-state index contributed by atoms with van der Waals surface area (Å²) in [6.45, 7) is 20.2. The largest absolute Gasteiger partial charge is 0.393 e. The first kappa shape index (κ1) is 26.2. The number of hydrogen-bond acceptors (Lipinski definition) is 3. The molecule has 3 heteroatoms. The van der Waals surface area contributed by atoms with Gasteiger partial charge in [-0.25, -0.2) is 0 Å². The zero-order chi connectivity index (χ0) is 25.4. The van der Waals surface area contributed by atoms with Crippen molar-refractivity contribution in [1.29, 1.82) is 0 Å². The monoisotopic (exact) mass is 486 g/mol. The highest BCUT2D eigenvalue weighted by Crippen LogP contribution is 2.72. The van der Waals surface area contributed by atoms with Crippen molar-refractivity contribution < 1.29 is 14.6 Å². The van der Waals surface area contributed by atoms with Crippen molar-refractivity contribution >= 4 is 0 Å². The summed E-state index contributed by atoms with van der Waals surface area (Å²) in [5.41, 5.74) is 4.63. The fourth-order valence-corrected chi connectivity index (χ4v) is 10.5. The van der Waals surface area contributed by atoms with Crippen molar-refractivity contribution in [2.24, 2.45) is 45.3 Å². The van der Waals surface area contributed by atoms with Crippen LogP contribution >= 0.6 is 0 Å². The third-order valence-corrected chi connectivity index (χ3v) is 13.0. The Morgan fingerprint density at radius 3 is 2.40 bits per heavy atom. The number of rotatable bonds is 4. The molecule has 1 N–H and O–H groups in total. The van der Waals surface area contributed by atoms with Crippen LogP contribution in [0.1, 0.15) is 120 Å². The molecule has 35 heavy (non-hydrogen) atoms. The van der Waals surface area contributed by atoms with Gasteiger partial charge in [0.25, 0.3) is 0 Å². The van der Waals surface area contributed by atoms with Crippen LogP contribution in [0.2, 0.25) is 0 Å². The highest BCUT2D eigenvalue weighted by molar-refractivity contribution is 5.38. The lowest BCUT2D eigenvalue weighted by Gasteiger charge is -2.62. The summed E-state index contributed by atoms with van der Waals surface area (Å²) in [6, 6.07) is 0. The summed E-state index contributed by atoms with van der Waals surface area (Å²) >= 11 is 0. The summed E-state index contributed by atoms with van der Waals surface area (Å²) in [5, 5.41) is 10.9. The Labute approximate surface area is 215 Å². The Balaban J connectivity index is 1.43. The molecule has 10 atom stereocenters. The summed E-state index contributed by atoms with van der Waals surface area (Å²) in [5.74, 6) is 2.40. The molecule has 3 nitrogen and oxygen atoms in total. The number of allylic oxidation sites excluding steroid dienone is 2. The van der Waals surface area contributed by atoms with E-state index in [0.717, 1.165) is 18.9 Å². The molecule has 1 heterocycles. The molecule has 0 aromatic carbocycles. The second-order valence-electron chi connectivity index (χ2n) is 14.6. The lowest BCUT2D eigenvalue weighted by molar-refractivity contribution is -0.232. The van der Waals surface area contributed by atoms with E-state index in [1.807, 2.05) is 11.1 Å². The molecule has 2 saturated carbocycles. The maximum Gasteiger partial charge on any atom is 0.160 e. The molecular weight excluding hydrogens is 432 g/mol. The van der Waals surface area contributed by atoms with Crippen LogP contribution in [0.25, 0.3) is 0 Å². The van der Waals surface area contributed by atoms with Crippen molar-refractivity contribution in [3.63, 3.8) is 0 Å². The van der Waals surface area contributed by atoms with Crippen LogP contribution < -0.4 is 0 Å². The van der Waals surface area contributed by atoms with Crippen LogP contribution in [0.5, 0.6) is 0 Å². The molecule has 5 aliphatic rings. The second kappa shape index (κ2) is 8.84. The Hall–Kier alpha value is -0.380. The van der Waals surface area contributed by atoms with E-state index < -0.39 is 0 Å². The number of aliphatic hydroxyl groups is 1. The van der Waals surface area contributed by atoms with Crippen LogP contribution in [0.4, 0.5) is 0 Å². The lowest BCUT2D eigenvalue weighted by atomic mass is 9.43. The van der Waals surface area contributed by atoms with E-state index in [2.05, 4.69) is 55.4 Å². The minimum atomic E-state index is -0.150. The molecule has 0 spiro atoms. The predicted molar refractivity (Wildman–Crippen MR) is 143 cm³/mol. The minimum absolute atomic E-state index is 0.0203. The highest BCUT2D eigenvalue weighted by atomic mass is 16.7. The van der Waals surface area contributed by atoms with Gasteiger partial charge < -0.3 is 14.6 Å². The van der Waals surface area contributed by atoms with Gasteiger partial charge in [-0.2, -0.15) is 0 Å². The summed E-state index contributed by atoms with van der Waals surface area (Å²) in [7, 11) is 0. The predicted octanol–water partition coefficient (Wildman–Crippen LogP) is 7.91. The average Bonchev–Trinajstić information content (AvgIpc) is 3.09. The van der Waals surface area contributed by atoms with Crippen molar-refractivity contribution in [2.45, 2.75) is 138 Å². The fraction of sp³-hybridized carbons (Fsp3) is 0.938. The molecule has 3 fully saturated rings. The lowest BCUT2D eigenvalue weighted by Crippen LogP contribution is -2.55. The zero-order valence-electron chi connectivity index (χ0n) is 24.1. The van der Waals surface area contributed by atoms with Gasteiger partial charge in [-0.3, -0.25) is 0 Å². The van der Waals surface area contributed by atoms with Gasteiger partial charge in [0, 0.05) is 12.5 Å². The molecule has 5 rings (SSSR count). The van der Waals surface area contributed by atoms with Crippen LogP contribution in [0, 0.1) is 45.3 Å². The number of aliphatic hydroxyl groups excluding tert-OH is 1. The third kappa shape index (κ3) is 3.68. The van der Waals surface area contributed by atoms with E-state index >= 15 is 0 Å². The zero-order valence-corrected chi connectivity index (χ0v) is 24.1. The van der Waals surface area contributed by atoms with Crippen LogP contribution in [0.15, 0.2) is 11.1 Å². The van der Waals surface area contributed by atoms with E-state index in [9.17, 15) is 5.11 Å². The van der Waals surface area contributed by atoms with E-state index in [1.54, 1.807) is 0 Å². The fourth-order valence-electron chi connectivity index (χ4n) is 10.5. The van der Waals surface area contributed by atoms with Gasteiger partial charge in [0.05, 0.1) is 12.2 Å². The molecular formula is C32H54O3. The van der Waals surface area contributed by atoms with E-state index in [1.165, 1.54) is 57.8 Å². The maximum atomic E-state index is 10.9. The van der Waals surface area contributed by atoms with Crippen molar-refractivity contribution in [2.75, 3.05) is 6.61 Å². The maximum absolute atomic E-state index is 10.9. The molecule has 4 aliphatic carbocycles. The van der Waals surface area contributed by atoms with Crippen molar-refractivity contribution in [3.8, 4) is 0 Å².